The van der Waals surface area contributed by atoms with Gasteiger partial charge in [0.05, 0.1) is 6.54 Å². The number of carbonyl (C=O) groups is 2. The molecule has 0 saturated heterocycles. The van der Waals surface area contributed by atoms with Gasteiger partial charge in [-0.25, -0.2) is 0 Å². The molecule has 0 aromatic heterocycles. The fraction of sp³-hybridized carbons (Fsp3) is 0.391. The van der Waals surface area contributed by atoms with Crippen molar-refractivity contribution in [1.82, 2.24) is 10.6 Å². The van der Waals surface area contributed by atoms with E-state index >= 15 is 0 Å². The van der Waals surface area contributed by atoms with E-state index < -0.39 is 12.4 Å². The minimum atomic E-state index is -4.75. The summed E-state index contributed by atoms with van der Waals surface area (Å²) in [7, 11) is 0. The molecule has 6 nitrogen and oxygen atoms in total. The molecule has 1 aliphatic heterocycles. The molecular weight excluding hydrogens is 457 g/mol. The minimum absolute atomic E-state index is 0.263. The summed E-state index contributed by atoms with van der Waals surface area (Å²) in [6, 6.07) is 10.6. The minimum Gasteiger partial charge on any atom is -0.488 e. The summed E-state index contributed by atoms with van der Waals surface area (Å²) in [5.74, 6) is 0.592. The molecule has 0 unspecified atom stereocenters. The summed E-state index contributed by atoms with van der Waals surface area (Å²) in [5.41, 5.74) is 2.22. The van der Waals surface area contributed by atoms with Crippen LogP contribution in [0.1, 0.15) is 18.9 Å². The average molecular weight is 483 g/mol. The monoisotopic (exact) mass is 482 g/mol. The topological polar surface area (TPSA) is 76.7 Å². The Hall–Kier alpha value is -2.88. The highest BCUT2D eigenvalue weighted by Crippen LogP contribution is 2.34. The van der Waals surface area contributed by atoms with Crippen LogP contribution in [0.5, 0.6) is 11.5 Å². The number of carbonyl (C=O) groups excluding carboxylic acids is 2. The maximum absolute atomic E-state index is 12.5. The number of rotatable bonds is 9. The number of nitrogens with one attached hydrogen (secondary N) is 2. The normalized spacial score (nSPS) is 15.8. The van der Waals surface area contributed by atoms with Gasteiger partial charge in [0.2, 0.25) is 11.8 Å². The lowest BCUT2D eigenvalue weighted by Gasteiger charge is -2.19. The quantitative estimate of drug-likeness (QED) is 0.567. The Labute approximate surface area is 194 Å². The highest BCUT2D eigenvalue weighted by Gasteiger charge is 2.31. The van der Waals surface area contributed by atoms with Crippen molar-refractivity contribution in [3.8, 4) is 22.6 Å². The molecule has 2 N–H and O–H groups in total. The standard InChI is InChI=1S/C23H25F3N2O4S/c1-14(29)28-20(8-9-33-2)22(30)27-13-19-12-17-10-16(6-7-21(17)31-19)15-4-3-5-18(11-15)32-23(24,25)26/h3-7,10-11,19-20H,8-9,12-13H2,1-2H3,(H,27,30)(H,28,29)/t19-,20+/m1/s1. The van der Waals surface area contributed by atoms with Crippen LogP contribution in [0.4, 0.5) is 13.2 Å². The summed E-state index contributed by atoms with van der Waals surface area (Å²) in [6.07, 6.45) is -2.04. The van der Waals surface area contributed by atoms with E-state index in [0.717, 1.165) is 16.9 Å². The average Bonchev–Trinajstić information content (AvgIpc) is 3.16. The second-order valence-corrected chi connectivity index (χ2v) is 8.61. The van der Waals surface area contributed by atoms with Crippen LogP contribution in [-0.2, 0) is 16.0 Å². The third-order valence-corrected chi connectivity index (χ3v) is 5.66. The van der Waals surface area contributed by atoms with Gasteiger partial charge in [-0.2, -0.15) is 11.8 Å². The summed E-state index contributed by atoms with van der Waals surface area (Å²) >= 11 is 1.59. The number of fused-ring (bicyclic) bond motifs is 1. The van der Waals surface area contributed by atoms with Crippen LogP contribution in [0.2, 0.25) is 0 Å². The Kier molecular flexibility index (Phi) is 8.12. The summed E-state index contributed by atoms with van der Waals surface area (Å²) in [6.45, 7) is 1.64. The van der Waals surface area contributed by atoms with Gasteiger partial charge >= 0.3 is 6.36 Å². The molecule has 0 fully saturated rings. The fourth-order valence-corrected chi connectivity index (χ4v) is 4.05. The number of benzene rings is 2. The first-order valence-corrected chi connectivity index (χ1v) is 11.7. The molecule has 2 aromatic rings. The Morgan fingerprint density at radius 3 is 2.67 bits per heavy atom. The Morgan fingerprint density at radius 1 is 1.21 bits per heavy atom. The van der Waals surface area contributed by atoms with E-state index in [4.69, 9.17) is 4.74 Å². The van der Waals surface area contributed by atoms with Crippen LogP contribution in [0.15, 0.2) is 42.5 Å². The molecule has 2 atom stereocenters. The molecule has 0 saturated carbocycles. The highest BCUT2D eigenvalue weighted by molar-refractivity contribution is 7.98. The van der Waals surface area contributed by atoms with Gasteiger partial charge in [0.15, 0.2) is 0 Å². The van der Waals surface area contributed by atoms with Gasteiger partial charge < -0.3 is 20.1 Å². The third-order valence-electron chi connectivity index (χ3n) is 5.01. The van der Waals surface area contributed by atoms with Crippen LogP contribution >= 0.6 is 11.8 Å². The number of ether oxygens (including phenoxy) is 2. The third kappa shape index (κ3) is 7.31. The van der Waals surface area contributed by atoms with Crippen molar-refractivity contribution in [1.29, 1.82) is 0 Å². The second kappa shape index (κ2) is 10.8. The largest absolute Gasteiger partial charge is 0.573 e. The summed E-state index contributed by atoms with van der Waals surface area (Å²) in [5, 5.41) is 5.50. The van der Waals surface area contributed by atoms with Crippen molar-refractivity contribution in [3.63, 3.8) is 0 Å². The number of amides is 2. The van der Waals surface area contributed by atoms with Gasteiger partial charge in [-0.15, -0.1) is 13.2 Å². The first kappa shape index (κ1) is 24.8. The van der Waals surface area contributed by atoms with Gasteiger partial charge in [-0.05, 0) is 59.4 Å². The lowest BCUT2D eigenvalue weighted by Crippen LogP contribution is -2.48. The van der Waals surface area contributed by atoms with Crippen LogP contribution in [0.3, 0.4) is 0 Å². The maximum atomic E-state index is 12.5. The van der Waals surface area contributed by atoms with Gasteiger partial charge in [-0.3, -0.25) is 9.59 Å². The molecule has 2 amide bonds. The fourth-order valence-electron chi connectivity index (χ4n) is 3.57. The Balaban J connectivity index is 1.61. The summed E-state index contributed by atoms with van der Waals surface area (Å²) < 4.78 is 47.4. The van der Waals surface area contributed by atoms with Gasteiger partial charge in [0.1, 0.15) is 23.6 Å². The van der Waals surface area contributed by atoms with Crippen LogP contribution in [0.25, 0.3) is 11.1 Å². The first-order chi connectivity index (χ1) is 15.6. The zero-order valence-corrected chi connectivity index (χ0v) is 19.0. The smallest absolute Gasteiger partial charge is 0.488 e. The molecule has 2 aromatic carbocycles. The van der Waals surface area contributed by atoms with Crippen molar-refractivity contribution in [2.75, 3.05) is 18.6 Å². The molecule has 0 spiro atoms. The molecule has 33 heavy (non-hydrogen) atoms. The Morgan fingerprint density at radius 2 is 1.97 bits per heavy atom. The van der Waals surface area contributed by atoms with Crippen molar-refractivity contribution < 1.29 is 32.2 Å². The lowest BCUT2D eigenvalue weighted by molar-refractivity contribution is -0.274. The highest BCUT2D eigenvalue weighted by atomic mass is 32.2. The molecular formula is C23H25F3N2O4S. The number of hydrogen-bond acceptors (Lipinski definition) is 5. The Bertz CT molecular complexity index is 1000. The van der Waals surface area contributed by atoms with Crippen LogP contribution in [0, 0.1) is 0 Å². The predicted molar refractivity (Wildman–Crippen MR) is 120 cm³/mol. The van der Waals surface area contributed by atoms with Crippen LogP contribution in [-0.4, -0.2) is 48.9 Å². The van der Waals surface area contributed by atoms with E-state index in [9.17, 15) is 22.8 Å². The van der Waals surface area contributed by atoms with Gasteiger partial charge in [0, 0.05) is 13.3 Å². The number of alkyl halides is 3. The molecule has 0 aliphatic carbocycles. The molecule has 1 aliphatic rings. The van der Waals surface area contributed by atoms with Crippen molar-refractivity contribution in [2.45, 2.75) is 38.3 Å². The molecule has 178 valence electrons. The van der Waals surface area contributed by atoms with Gasteiger partial charge in [-0.1, -0.05) is 18.2 Å². The first-order valence-electron chi connectivity index (χ1n) is 10.3. The summed E-state index contributed by atoms with van der Waals surface area (Å²) in [4.78, 5) is 23.9. The van der Waals surface area contributed by atoms with E-state index in [-0.39, 0.29) is 30.2 Å². The van der Waals surface area contributed by atoms with E-state index in [1.54, 1.807) is 30.0 Å². The second-order valence-electron chi connectivity index (χ2n) is 7.62. The zero-order chi connectivity index (χ0) is 24.0. The van der Waals surface area contributed by atoms with Crippen molar-refractivity contribution >= 4 is 23.6 Å². The van der Waals surface area contributed by atoms with Gasteiger partial charge in [0.25, 0.3) is 0 Å². The number of hydrogen-bond donors (Lipinski definition) is 2. The lowest BCUT2D eigenvalue weighted by atomic mass is 10.0. The van der Waals surface area contributed by atoms with E-state index in [1.807, 2.05) is 12.3 Å². The van der Waals surface area contributed by atoms with Crippen molar-refractivity contribution in [2.24, 2.45) is 0 Å². The molecule has 10 heteroatoms. The molecule has 1 heterocycles. The molecule has 0 bridgehead atoms. The van der Waals surface area contributed by atoms with E-state index in [0.29, 0.717) is 24.2 Å². The number of thioether (sulfide) groups is 1. The number of halogens is 3. The van der Waals surface area contributed by atoms with E-state index in [1.165, 1.54) is 25.1 Å². The molecule has 0 radical (unpaired) electrons. The van der Waals surface area contributed by atoms with Crippen LogP contribution < -0.4 is 20.1 Å². The maximum Gasteiger partial charge on any atom is 0.573 e. The predicted octanol–water partition coefficient (Wildman–Crippen LogP) is 3.93. The zero-order valence-electron chi connectivity index (χ0n) is 18.2. The molecule has 3 rings (SSSR count). The SMILES string of the molecule is CSCC[C@H](NC(C)=O)C(=O)NC[C@H]1Cc2cc(-c3cccc(OC(F)(F)F)c3)ccc2O1. The van der Waals surface area contributed by atoms with Crippen molar-refractivity contribution in [3.05, 3.63) is 48.0 Å². The van der Waals surface area contributed by atoms with E-state index in [2.05, 4.69) is 15.4 Å².